The van der Waals surface area contributed by atoms with Crippen molar-refractivity contribution in [2.45, 2.75) is 18.7 Å². The minimum absolute atomic E-state index is 0.708. The molecular formula is C19H16Br2N2OS. The maximum Gasteiger partial charge on any atom is 0.150 e. The van der Waals surface area contributed by atoms with Crippen LogP contribution in [-0.4, -0.2) is 9.19 Å². The van der Waals surface area contributed by atoms with Crippen LogP contribution in [0.4, 0.5) is 5.69 Å². The van der Waals surface area contributed by atoms with Crippen LogP contribution in [0, 0.1) is 13.8 Å². The summed E-state index contributed by atoms with van der Waals surface area (Å²) < 4.78 is 17.4. The fourth-order valence-corrected chi connectivity index (χ4v) is 4.19. The van der Waals surface area contributed by atoms with Crippen molar-refractivity contribution in [1.82, 2.24) is 4.98 Å². The van der Waals surface area contributed by atoms with Crippen molar-refractivity contribution >= 4 is 48.5 Å². The molecule has 6 heteroatoms. The van der Waals surface area contributed by atoms with E-state index in [4.69, 9.17) is 0 Å². The molecule has 0 saturated heterocycles. The average Bonchev–Trinajstić information content (AvgIpc) is 2.58. The Kier molecular flexibility index (Phi) is 5.71. The summed E-state index contributed by atoms with van der Waals surface area (Å²) in [6.07, 6.45) is 3.67. The molecule has 0 aliphatic carbocycles. The number of aromatic nitrogens is 1. The third-order valence-electron chi connectivity index (χ3n) is 3.87. The Morgan fingerprint density at radius 1 is 0.920 bits per heavy atom. The van der Waals surface area contributed by atoms with Gasteiger partial charge in [0.25, 0.3) is 0 Å². The van der Waals surface area contributed by atoms with E-state index in [2.05, 4.69) is 48.5 Å². The van der Waals surface area contributed by atoms with Gasteiger partial charge in [0.15, 0.2) is 0 Å². The highest BCUT2D eigenvalue weighted by Crippen LogP contribution is 2.29. The Morgan fingerprint density at radius 3 is 2.40 bits per heavy atom. The number of nitrogens with one attached hydrogen (secondary N) is 1. The first-order valence-electron chi connectivity index (χ1n) is 7.61. The maximum absolute atomic E-state index is 12.6. The standard InChI is InChI=1S/C19H16Br2N2OS/c1-12-7-8-22-11-17(12)16-5-3-14(9-13(16)2)23-25(24)15-4-6-18(20)19(21)10-15/h3-11,23H,1-2H3. The number of benzene rings is 2. The zero-order valence-corrected chi connectivity index (χ0v) is 17.7. The molecule has 0 spiro atoms. The topological polar surface area (TPSA) is 42.0 Å². The number of hydrogen-bond donors (Lipinski definition) is 1. The zero-order valence-electron chi connectivity index (χ0n) is 13.7. The van der Waals surface area contributed by atoms with Crippen LogP contribution >= 0.6 is 31.9 Å². The summed E-state index contributed by atoms with van der Waals surface area (Å²) in [7, 11) is -1.33. The predicted octanol–water partition coefficient (Wildman–Crippen LogP) is 6.03. The molecule has 1 aromatic heterocycles. The summed E-state index contributed by atoms with van der Waals surface area (Å²) in [5, 5.41) is 0. The van der Waals surface area contributed by atoms with E-state index in [0.717, 1.165) is 31.3 Å². The lowest BCUT2D eigenvalue weighted by Crippen LogP contribution is -2.05. The van der Waals surface area contributed by atoms with Gasteiger partial charge in [-0.1, -0.05) is 6.07 Å². The molecule has 1 N–H and O–H groups in total. The summed E-state index contributed by atoms with van der Waals surface area (Å²) in [5.74, 6) is 0. The molecule has 0 saturated carbocycles. The van der Waals surface area contributed by atoms with Crippen molar-refractivity contribution in [1.29, 1.82) is 0 Å². The van der Waals surface area contributed by atoms with Crippen LogP contribution in [0.2, 0.25) is 0 Å². The summed E-state index contributed by atoms with van der Waals surface area (Å²) >= 11 is 6.86. The Bertz CT molecular complexity index is 960. The van der Waals surface area contributed by atoms with Crippen LogP contribution in [-0.2, 0) is 11.0 Å². The highest BCUT2D eigenvalue weighted by atomic mass is 79.9. The smallest absolute Gasteiger partial charge is 0.150 e. The summed E-state index contributed by atoms with van der Waals surface area (Å²) in [6.45, 7) is 4.12. The second-order valence-electron chi connectivity index (χ2n) is 5.67. The Labute approximate surface area is 166 Å². The van der Waals surface area contributed by atoms with Gasteiger partial charge in [-0.3, -0.25) is 4.98 Å². The van der Waals surface area contributed by atoms with Gasteiger partial charge in [-0.2, -0.15) is 0 Å². The molecule has 3 rings (SSSR count). The second kappa shape index (κ2) is 7.81. The highest BCUT2D eigenvalue weighted by molar-refractivity contribution is 9.13. The van der Waals surface area contributed by atoms with Gasteiger partial charge in [-0.15, -0.1) is 0 Å². The number of pyridine rings is 1. The van der Waals surface area contributed by atoms with E-state index in [1.165, 1.54) is 5.56 Å². The normalized spacial score (nSPS) is 12.0. The summed E-state index contributed by atoms with van der Waals surface area (Å²) in [6, 6.07) is 13.5. The van der Waals surface area contributed by atoms with E-state index in [-0.39, 0.29) is 0 Å². The first kappa shape index (κ1) is 18.3. The molecule has 0 fully saturated rings. The van der Waals surface area contributed by atoms with E-state index in [1.54, 1.807) is 6.20 Å². The SMILES string of the molecule is Cc1cc(NS(=O)c2ccc(Br)c(Br)c2)ccc1-c1cnccc1C. The number of aryl methyl sites for hydroxylation is 2. The van der Waals surface area contributed by atoms with Gasteiger partial charge in [0.2, 0.25) is 0 Å². The third-order valence-corrected chi connectivity index (χ3v) is 6.85. The lowest BCUT2D eigenvalue weighted by atomic mass is 9.98. The maximum atomic E-state index is 12.6. The van der Waals surface area contributed by atoms with Crippen LogP contribution in [0.15, 0.2) is 68.7 Å². The monoisotopic (exact) mass is 478 g/mol. The van der Waals surface area contributed by atoms with Gasteiger partial charge < -0.3 is 4.72 Å². The number of hydrogen-bond acceptors (Lipinski definition) is 2. The first-order valence-corrected chi connectivity index (χ1v) is 10.3. The molecule has 0 radical (unpaired) electrons. The van der Waals surface area contributed by atoms with Crippen LogP contribution in [0.1, 0.15) is 11.1 Å². The second-order valence-corrected chi connectivity index (χ2v) is 8.59. The molecule has 0 amide bonds. The Morgan fingerprint density at radius 2 is 1.72 bits per heavy atom. The van der Waals surface area contributed by atoms with E-state index >= 15 is 0 Å². The minimum Gasteiger partial charge on any atom is -0.301 e. The van der Waals surface area contributed by atoms with Crippen molar-refractivity contribution in [3.8, 4) is 11.1 Å². The third kappa shape index (κ3) is 4.19. The molecule has 128 valence electrons. The molecule has 3 aromatic rings. The van der Waals surface area contributed by atoms with Crippen LogP contribution in [0.25, 0.3) is 11.1 Å². The highest BCUT2D eigenvalue weighted by Gasteiger charge is 2.09. The van der Waals surface area contributed by atoms with E-state index in [9.17, 15) is 4.21 Å². The molecule has 0 bridgehead atoms. The van der Waals surface area contributed by atoms with Gasteiger partial charge in [-0.25, -0.2) is 4.21 Å². The van der Waals surface area contributed by atoms with Crippen LogP contribution in [0.3, 0.4) is 0 Å². The van der Waals surface area contributed by atoms with Crippen LogP contribution < -0.4 is 4.72 Å². The molecule has 1 atom stereocenters. The Hall–Kier alpha value is -1.50. The number of rotatable bonds is 4. The minimum atomic E-state index is -1.33. The lowest BCUT2D eigenvalue weighted by Gasteiger charge is -2.12. The first-order chi connectivity index (χ1) is 12.0. The zero-order chi connectivity index (χ0) is 18.0. The summed E-state index contributed by atoms with van der Waals surface area (Å²) in [4.78, 5) is 4.92. The van der Waals surface area contributed by atoms with Crippen molar-refractivity contribution in [3.05, 3.63) is 74.9 Å². The van der Waals surface area contributed by atoms with E-state index in [0.29, 0.717) is 4.90 Å². The predicted molar refractivity (Wildman–Crippen MR) is 111 cm³/mol. The average molecular weight is 480 g/mol. The van der Waals surface area contributed by atoms with Gasteiger partial charge in [0.1, 0.15) is 11.0 Å². The number of anilines is 1. The molecule has 1 unspecified atom stereocenters. The molecule has 0 aliphatic rings. The van der Waals surface area contributed by atoms with Crippen molar-refractivity contribution in [2.75, 3.05) is 4.72 Å². The fourth-order valence-electron chi connectivity index (χ4n) is 2.53. The fraction of sp³-hybridized carbons (Fsp3) is 0.105. The van der Waals surface area contributed by atoms with Gasteiger partial charge in [-0.05, 0) is 98.8 Å². The van der Waals surface area contributed by atoms with Gasteiger partial charge >= 0.3 is 0 Å². The van der Waals surface area contributed by atoms with Crippen LogP contribution in [0.5, 0.6) is 0 Å². The lowest BCUT2D eigenvalue weighted by molar-refractivity contribution is 0.686. The molecule has 2 aromatic carbocycles. The summed E-state index contributed by atoms with van der Waals surface area (Å²) in [5.41, 5.74) is 5.36. The Balaban J connectivity index is 1.85. The molecule has 1 heterocycles. The number of nitrogens with zero attached hydrogens (tertiary/aromatic N) is 1. The largest absolute Gasteiger partial charge is 0.301 e. The van der Waals surface area contributed by atoms with Crippen molar-refractivity contribution in [2.24, 2.45) is 0 Å². The van der Waals surface area contributed by atoms with Gasteiger partial charge in [0, 0.05) is 32.6 Å². The molecule has 0 aliphatic heterocycles. The van der Waals surface area contributed by atoms with E-state index < -0.39 is 11.0 Å². The number of halogens is 2. The van der Waals surface area contributed by atoms with Gasteiger partial charge in [0.05, 0.1) is 4.90 Å². The van der Waals surface area contributed by atoms with Crippen molar-refractivity contribution < 1.29 is 4.21 Å². The van der Waals surface area contributed by atoms with E-state index in [1.807, 2.05) is 55.6 Å². The molecule has 25 heavy (non-hydrogen) atoms. The quantitative estimate of drug-likeness (QED) is 0.496. The molecule has 3 nitrogen and oxygen atoms in total. The van der Waals surface area contributed by atoms with Crippen molar-refractivity contribution in [3.63, 3.8) is 0 Å². The molecular weight excluding hydrogens is 464 g/mol.